The molecule has 0 bridgehead atoms. The summed E-state index contributed by atoms with van der Waals surface area (Å²) in [5, 5.41) is 9.02. The van der Waals surface area contributed by atoms with Crippen molar-refractivity contribution in [2.24, 2.45) is 0 Å². The standard InChI is InChI=1S/C27H24N4O5S/c1-35-21-12-11-18(16-22(21)36-2)13-15-31-25(28)23(37(33,34)19-8-4-3-5-9-19)17-20-26(31)29-24-10-6-7-14-30(24)27(20)32/h3-12,14,16-17,28H,13,15H2,1-2H3. The SMILES string of the molecule is COc1ccc(CCn2c(=N)c(S(=O)(=O)c3ccccc3)cc3c(=O)n4ccccc4nc32)cc1OC. The molecule has 0 aliphatic carbocycles. The molecule has 188 valence electrons. The summed E-state index contributed by atoms with van der Waals surface area (Å²) in [6.45, 7) is 0.207. The van der Waals surface area contributed by atoms with Crippen molar-refractivity contribution in [1.82, 2.24) is 14.0 Å². The van der Waals surface area contributed by atoms with Crippen LogP contribution in [-0.4, -0.2) is 36.6 Å². The van der Waals surface area contributed by atoms with E-state index in [1.165, 1.54) is 27.2 Å². The fraction of sp³-hybridized carbons (Fsp3) is 0.148. The molecule has 10 heteroatoms. The maximum atomic E-state index is 13.6. The van der Waals surface area contributed by atoms with Crippen LogP contribution < -0.4 is 20.5 Å². The molecule has 0 saturated carbocycles. The third-order valence-corrected chi connectivity index (χ3v) is 7.98. The molecule has 0 unspecified atom stereocenters. The molecule has 9 nitrogen and oxygen atoms in total. The normalized spacial score (nSPS) is 11.6. The Morgan fingerprint density at radius 1 is 0.919 bits per heavy atom. The van der Waals surface area contributed by atoms with Gasteiger partial charge in [-0.15, -0.1) is 0 Å². The molecule has 0 aliphatic heterocycles. The molecule has 0 radical (unpaired) electrons. The predicted molar refractivity (Wildman–Crippen MR) is 138 cm³/mol. The average molecular weight is 517 g/mol. The highest BCUT2D eigenvalue weighted by atomic mass is 32.2. The first-order valence-electron chi connectivity index (χ1n) is 11.5. The van der Waals surface area contributed by atoms with Crippen molar-refractivity contribution in [3.05, 3.63) is 100 Å². The maximum absolute atomic E-state index is 13.6. The third kappa shape index (κ3) is 4.25. The van der Waals surface area contributed by atoms with Gasteiger partial charge in [0.2, 0.25) is 9.84 Å². The van der Waals surface area contributed by atoms with E-state index in [-0.39, 0.29) is 32.9 Å². The zero-order valence-corrected chi connectivity index (χ0v) is 21.0. The van der Waals surface area contributed by atoms with E-state index in [2.05, 4.69) is 4.98 Å². The lowest BCUT2D eigenvalue weighted by Crippen LogP contribution is -2.30. The zero-order chi connectivity index (χ0) is 26.2. The minimum Gasteiger partial charge on any atom is -0.493 e. The Hall–Kier alpha value is -4.44. The van der Waals surface area contributed by atoms with E-state index in [1.54, 1.807) is 62.9 Å². The number of hydrogen-bond donors (Lipinski definition) is 1. The van der Waals surface area contributed by atoms with Crippen molar-refractivity contribution in [1.29, 1.82) is 5.41 Å². The summed E-state index contributed by atoms with van der Waals surface area (Å²) >= 11 is 0. The topological polar surface area (TPSA) is 116 Å². The van der Waals surface area contributed by atoms with Crippen molar-refractivity contribution in [2.75, 3.05) is 14.2 Å². The molecule has 3 heterocycles. The van der Waals surface area contributed by atoms with Gasteiger partial charge < -0.3 is 14.0 Å². The van der Waals surface area contributed by atoms with Crippen LogP contribution in [0.1, 0.15) is 5.56 Å². The smallest absolute Gasteiger partial charge is 0.267 e. The van der Waals surface area contributed by atoms with E-state index in [9.17, 15) is 13.2 Å². The van der Waals surface area contributed by atoms with Gasteiger partial charge in [0.25, 0.3) is 5.56 Å². The minimum absolute atomic E-state index is 0.0446. The van der Waals surface area contributed by atoms with Gasteiger partial charge in [0, 0.05) is 12.7 Å². The lowest BCUT2D eigenvalue weighted by molar-refractivity contribution is 0.354. The van der Waals surface area contributed by atoms with Crippen LogP contribution in [0.4, 0.5) is 0 Å². The van der Waals surface area contributed by atoms with Crippen LogP contribution in [0.3, 0.4) is 0 Å². The van der Waals surface area contributed by atoms with Gasteiger partial charge in [0.1, 0.15) is 21.7 Å². The van der Waals surface area contributed by atoms with Gasteiger partial charge in [-0.2, -0.15) is 0 Å². The van der Waals surface area contributed by atoms with E-state index in [0.29, 0.717) is 23.6 Å². The molecule has 3 aromatic heterocycles. The van der Waals surface area contributed by atoms with Crippen LogP contribution in [0.25, 0.3) is 16.7 Å². The summed E-state index contributed by atoms with van der Waals surface area (Å²) in [5.41, 5.74) is 0.868. The molecule has 0 saturated heterocycles. The van der Waals surface area contributed by atoms with Gasteiger partial charge in [-0.25, -0.2) is 13.4 Å². The second kappa shape index (κ2) is 9.55. The van der Waals surface area contributed by atoms with Crippen LogP contribution in [0.2, 0.25) is 0 Å². The third-order valence-electron chi connectivity index (χ3n) is 6.20. The Morgan fingerprint density at radius 3 is 2.38 bits per heavy atom. The molecule has 0 fully saturated rings. The molecular formula is C27H24N4O5S. The van der Waals surface area contributed by atoms with E-state index in [4.69, 9.17) is 14.9 Å². The average Bonchev–Trinajstić information content (AvgIpc) is 2.92. The lowest BCUT2D eigenvalue weighted by Gasteiger charge is -2.16. The van der Waals surface area contributed by atoms with Gasteiger partial charge >= 0.3 is 0 Å². The molecule has 2 aromatic carbocycles. The van der Waals surface area contributed by atoms with Crippen LogP contribution >= 0.6 is 0 Å². The van der Waals surface area contributed by atoms with Crippen LogP contribution in [0, 0.1) is 5.41 Å². The molecule has 37 heavy (non-hydrogen) atoms. The molecule has 0 amide bonds. The highest BCUT2D eigenvalue weighted by Crippen LogP contribution is 2.28. The number of methoxy groups -OCH3 is 2. The summed E-state index contributed by atoms with van der Waals surface area (Å²) in [4.78, 5) is 17.8. The van der Waals surface area contributed by atoms with E-state index >= 15 is 0 Å². The monoisotopic (exact) mass is 516 g/mol. The van der Waals surface area contributed by atoms with E-state index < -0.39 is 15.4 Å². The van der Waals surface area contributed by atoms with Crippen molar-refractivity contribution in [2.45, 2.75) is 22.8 Å². The highest BCUT2D eigenvalue weighted by Gasteiger charge is 2.24. The fourth-order valence-corrected chi connectivity index (χ4v) is 5.69. The van der Waals surface area contributed by atoms with Crippen molar-refractivity contribution >= 4 is 26.5 Å². The van der Waals surface area contributed by atoms with Crippen molar-refractivity contribution < 1.29 is 17.9 Å². The first-order chi connectivity index (χ1) is 17.8. The number of fused-ring (bicyclic) bond motifs is 2. The molecule has 5 aromatic rings. The number of hydrogen-bond acceptors (Lipinski definition) is 7. The summed E-state index contributed by atoms with van der Waals surface area (Å²) in [5.74, 6) is 1.14. The number of sulfone groups is 1. The number of aryl methyl sites for hydroxylation is 2. The van der Waals surface area contributed by atoms with Crippen molar-refractivity contribution in [3.8, 4) is 11.5 Å². The maximum Gasteiger partial charge on any atom is 0.267 e. The predicted octanol–water partition coefficient (Wildman–Crippen LogP) is 3.22. The molecule has 5 rings (SSSR count). The lowest BCUT2D eigenvalue weighted by atomic mass is 10.1. The highest BCUT2D eigenvalue weighted by molar-refractivity contribution is 7.91. The number of pyridine rings is 2. The number of nitrogens with zero attached hydrogens (tertiary/aromatic N) is 3. The number of ether oxygens (including phenoxy) is 2. The molecule has 0 spiro atoms. The number of nitrogens with one attached hydrogen (secondary N) is 1. The van der Waals surface area contributed by atoms with Gasteiger partial charge in [0.05, 0.1) is 24.5 Å². The Morgan fingerprint density at radius 2 is 1.65 bits per heavy atom. The first kappa shape index (κ1) is 24.3. The number of benzene rings is 2. The van der Waals surface area contributed by atoms with Gasteiger partial charge in [-0.3, -0.25) is 14.6 Å². The number of aromatic nitrogens is 3. The second-order valence-corrected chi connectivity index (χ2v) is 10.3. The fourth-order valence-electron chi connectivity index (χ4n) is 4.29. The van der Waals surface area contributed by atoms with Crippen LogP contribution in [0.15, 0.2) is 93.6 Å². The largest absolute Gasteiger partial charge is 0.493 e. The van der Waals surface area contributed by atoms with E-state index in [0.717, 1.165) is 5.56 Å². The van der Waals surface area contributed by atoms with Crippen LogP contribution in [-0.2, 0) is 22.8 Å². The van der Waals surface area contributed by atoms with Crippen molar-refractivity contribution in [3.63, 3.8) is 0 Å². The van der Waals surface area contributed by atoms with Crippen LogP contribution in [0.5, 0.6) is 11.5 Å². The Kier molecular flexibility index (Phi) is 6.26. The van der Waals surface area contributed by atoms with Gasteiger partial charge in [-0.1, -0.05) is 30.3 Å². The molecular weight excluding hydrogens is 492 g/mol. The number of rotatable bonds is 7. The molecule has 1 N–H and O–H groups in total. The summed E-state index contributed by atoms with van der Waals surface area (Å²) in [7, 11) is -0.975. The van der Waals surface area contributed by atoms with Gasteiger partial charge in [0.15, 0.2) is 11.5 Å². The van der Waals surface area contributed by atoms with Gasteiger partial charge in [-0.05, 0) is 54.4 Å². The summed E-state index contributed by atoms with van der Waals surface area (Å²) < 4.78 is 40.7. The Balaban J connectivity index is 1.73. The first-order valence-corrected chi connectivity index (χ1v) is 12.9. The Labute approximate surface area is 212 Å². The summed E-state index contributed by atoms with van der Waals surface area (Å²) in [6.07, 6.45) is 2.01. The molecule has 0 aliphatic rings. The second-order valence-electron chi connectivity index (χ2n) is 8.35. The zero-order valence-electron chi connectivity index (χ0n) is 20.2. The van der Waals surface area contributed by atoms with E-state index in [1.807, 2.05) is 12.1 Å². The molecule has 0 atom stereocenters. The summed E-state index contributed by atoms with van der Waals surface area (Å²) in [6, 6.07) is 19.8. The minimum atomic E-state index is -4.08. The Bertz CT molecular complexity index is 1860. The quantitative estimate of drug-likeness (QED) is 0.332.